The number of benzene rings is 2. The van der Waals surface area contributed by atoms with E-state index in [9.17, 15) is 18.0 Å². The van der Waals surface area contributed by atoms with Crippen LogP contribution in [-0.2, 0) is 6.18 Å². The Hall–Kier alpha value is -3.35. The first-order chi connectivity index (χ1) is 12.3. The van der Waals surface area contributed by atoms with Gasteiger partial charge in [-0.2, -0.15) is 13.2 Å². The Morgan fingerprint density at radius 1 is 0.962 bits per heavy atom. The molecule has 0 saturated heterocycles. The number of halogens is 3. The summed E-state index contributed by atoms with van der Waals surface area (Å²) in [6, 6.07) is 15.3. The van der Waals surface area contributed by atoms with Gasteiger partial charge in [0.1, 0.15) is 5.75 Å². The Morgan fingerprint density at radius 2 is 1.65 bits per heavy atom. The van der Waals surface area contributed by atoms with Crippen LogP contribution in [0.4, 0.5) is 13.2 Å². The average molecular weight is 359 g/mol. The fraction of sp³-hybridized carbons (Fsp3) is 0.0526. The molecule has 1 aromatic heterocycles. The van der Waals surface area contributed by atoms with E-state index in [2.05, 4.69) is 4.98 Å². The zero-order valence-electron chi connectivity index (χ0n) is 13.2. The minimum absolute atomic E-state index is 0.114. The Kier molecular flexibility index (Phi) is 4.62. The number of carboxylic acids is 1. The minimum atomic E-state index is -4.43. The van der Waals surface area contributed by atoms with Crippen molar-refractivity contribution in [1.82, 2.24) is 4.98 Å². The predicted molar refractivity (Wildman–Crippen MR) is 88.2 cm³/mol. The number of nitrogens with zero attached hydrogens (tertiary/aromatic N) is 1. The van der Waals surface area contributed by atoms with Crippen LogP contribution in [0.2, 0.25) is 0 Å². The highest BCUT2D eigenvalue weighted by Crippen LogP contribution is 2.32. The molecule has 0 saturated carbocycles. The Bertz CT molecular complexity index is 937. The van der Waals surface area contributed by atoms with Gasteiger partial charge in [0.15, 0.2) is 0 Å². The summed E-state index contributed by atoms with van der Waals surface area (Å²) in [7, 11) is 0. The van der Waals surface area contributed by atoms with Gasteiger partial charge in [0, 0.05) is 11.6 Å². The minimum Gasteiger partial charge on any atom is -0.478 e. The number of rotatable bonds is 4. The standard InChI is InChI=1S/C19H12F3NO3/c20-19(21,22)14-4-1-3-13(11-14)16-5-2-6-17(23-16)26-15-9-7-12(8-10-15)18(24)25/h1-11H,(H,24,25). The number of aromatic carboxylic acids is 1. The second-order valence-electron chi connectivity index (χ2n) is 5.37. The van der Waals surface area contributed by atoms with Crippen LogP contribution in [0.1, 0.15) is 15.9 Å². The summed E-state index contributed by atoms with van der Waals surface area (Å²) in [6.45, 7) is 0. The molecule has 3 aromatic rings. The molecule has 3 rings (SSSR count). The van der Waals surface area contributed by atoms with Crippen LogP contribution in [0.25, 0.3) is 11.3 Å². The molecule has 0 spiro atoms. The van der Waals surface area contributed by atoms with E-state index in [0.29, 0.717) is 17.0 Å². The van der Waals surface area contributed by atoms with Gasteiger partial charge in [0.2, 0.25) is 5.88 Å². The maximum Gasteiger partial charge on any atom is 0.416 e. The fourth-order valence-electron chi connectivity index (χ4n) is 2.27. The van der Waals surface area contributed by atoms with Crippen molar-refractivity contribution in [1.29, 1.82) is 0 Å². The molecule has 1 N–H and O–H groups in total. The van der Waals surface area contributed by atoms with Crippen LogP contribution in [0.3, 0.4) is 0 Å². The van der Waals surface area contributed by atoms with Crippen LogP contribution in [0, 0.1) is 0 Å². The van der Waals surface area contributed by atoms with Crippen molar-refractivity contribution in [3.8, 4) is 22.9 Å². The third-order valence-corrected chi connectivity index (χ3v) is 3.53. The fourth-order valence-corrected chi connectivity index (χ4v) is 2.27. The Morgan fingerprint density at radius 3 is 2.31 bits per heavy atom. The largest absolute Gasteiger partial charge is 0.478 e. The number of alkyl halides is 3. The number of aromatic nitrogens is 1. The maximum absolute atomic E-state index is 12.9. The quantitative estimate of drug-likeness (QED) is 0.690. The van der Waals surface area contributed by atoms with Gasteiger partial charge in [0.25, 0.3) is 0 Å². The van der Waals surface area contributed by atoms with Crippen molar-refractivity contribution in [2.45, 2.75) is 6.18 Å². The molecular weight excluding hydrogens is 347 g/mol. The third-order valence-electron chi connectivity index (χ3n) is 3.53. The lowest BCUT2D eigenvalue weighted by atomic mass is 10.1. The summed E-state index contributed by atoms with van der Waals surface area (Å²) in [6.07, 6.45) is -4.43. The Balaban J connectivity index is 1.86. The zero-order chi connectivity index (χ0) is 18.7. The number of hydrogen-bond donors (Lipinski definition) is 1. The number of pyridine rings is 1. The predicted octanol–water partition coefficient (Wildman–Crippen LogP) is 5.26. The summed E-state index contributed by atoms with van der Waals surface area (Å²) in [5.41, 5.74) is -0.00216. The van der Waals surface area contributed by atoms with E-state index in [1.165, 1.54) is 36.4 Å². The van der Waals surface area contributed by atoms with Crippen LogP contribution < -0.4 is 4.74 Å². The lowest BCUT2D eigenvalue weighted by Crippen LogP contribution is -2.04. The summed E-state index contributed by atoms with van der Waals surface area (Å²) in [5.74, 6) is -0.507. The van der Waals surface area contributed by atoms with Crippen molar-refractivity contribution in [3.63, 3.8) is 0 Å². The highest BCUT2D eigenvalue weighted by molar-refractivity contribution is 5.87. The number of carboxylic acid groups (broad SMARTS) is 1. The van der Waals surface area contributed by atoms with Gasteiger partial charge in [-0.25, -0.2) is 9.78 Å². The molecule has 0 fully saturated rings. The van der Waals surface area contributed by atoms with Crippen LogP contribution in [0.15, 0.2) is 66.7 Å². The summed E-state index contributed by atoms with van der Waals surface area (Å²) in [4.78, 5) is 15.0. The van der Waals surface area contributed by atoms with Crippen LogP contribution in [0.5, 0.6) is 11.6 Å². The smallest absolute Gasteiger partial charge is 0.416 e. The molecule has 0 aliphatic rings. The molecule has 0 aliphatic carbocycles. The van der Waals surface area contributed by atoms with Crippen LogP contribution in [-0.4, -0.2) is 16.1 Å². The first kappa shape index (κ1) is 17.5. The van der Waals surface area contributed by atoms with Gasteiger partial charge in [-0.15, -0.1) is 0 Å². The molecule has 1 heterocycles. The first-order valence-electron chi connectivity index (χ1n) is 7.49. The molecule has 4 nitrogen and oxygen atoms in total. The highest BCUT2D eigenvalue weighted by atomic mass is 19.4. The lowest BCUT2D eigenvalue weighted by molar-refractivity contribution is -0.137. The molecular formula is C19H12F3NO3. The van der Waals surface area contributed by atoms with E-state index < -0.39 is 17.7 Å². The molecule has 132 valence electrons. The molecule has 0 amide bonds. The highest BCUT2D eigenvalue weighted by Gasteiger charge is 2.30. The number of carbonyl (C=O) groups is 1. The van der Waals surface area contributed by atoms with Crippen molar-refractivity contribution in [2.75, 3.05) is 0 Å². The van der Waals surface area contributed by atoms with Crippen molar-refractivity contribution in [3.05, 3.63) is 77.9 Å². The number of hydrogen-bond acceptors (Lipinski definition) is 3. The van der Waals surface area contributed by atoms with Gasteiger partial charge in [-0.1, -0.05) is 18.2 Å². The van der Waals surface area contributed by atoms with Crippen molar-refractivity contribution in [2.24, 2.45) is 0 Å². The second-order valence-corrected chi connectivity index (χ2v) is 5.37. The number of ether oxygens (including phenoxy) is 1. The van der Waals surface area contributed by atoms with Crippen molar-refractivity contribution >= 4 is 5.97 Å². The summed E-state index contributed by atoms with van der Waals surface area (Å²) < 4.78 is 44.1. The van der Waals surface area contributed by atoms with E-state index in [0.717, 1.165) is 12.1 Å². The van der Waals surface area contributed by atoms with E-state index in [1.807, 2.05) is 0 Å². The molecule has 7 heteroatoms. The molecule has 0 unspecified atom stereocenters. The van der Waals surface area contributed by atoms with Gasteiger partial charge in [-0.3, -0.25) is 0 Å². The van der Waals surface area contributed by atoms with E-state index in [4.69, 9.17) is 9.84 Å². The molecule has 0 aliphatic heterocycles. The SMILES string of the molecule is O=C(O)c1ccc(Oc2cccc(-c3cccc(C(F)(F)F)c3)n2)cc1. The molecule has 0 atom stereocenters. The lowest BCUT2D eigenvalue weighted by Gasteiger charge is -2.10. The molecule has 2 aromatic carbocycles. The second kappa shape index (κ2) is 6.87. The zero-order valence-corrected chi connectivity index (χ0v) is 13.2. The summed E-state index contributed by atoms with van der Waals surface area (Å²) >= 11 is 0. The van der Waals surface area contributed by atoms with E-state index >= 15 is 0 Å². The normalized spacial score (nSPS) is 11.2. The topological polar surface area (TPSA) is 59.4 Å². The molecule has 26 heavy (non-hydrogen) atoms. The van der Waals surface area contributed by atoms with Gasteiger partial charge in [-0.05, 0) is 42.5 Å². The van der Waals surface area contributed by atoms with Gasteiger partial charge < -0.3 is 9.84 Å². The van der Waals surface area contributed by atoms with Crippen LogP contribution >= 0.6 is 0 Å². The monoisotopic (exact) mass is 359 g/mol. The van der Waals surface area contributed by atoms with E-state index in [1.54, 1.807) is 18.2 Å². The Labute approximate surface area is 146 Å². The maximum atomic E-state index is 12.9. The summed E-state index contributed by atoms with van der Waals surface area (Å²) in [5, 5.41) is 8.87. The molecule has 0 radical (unpaired) electrons. The molecule has 0 bridgehead atoms. The van der Waals surface area contributed by atoms with Crippen molar-refractivity contribution < 1.29 is 27.8 Å². The average Bonchev–Trinajstić information content (AvgIpc) is 2.62. The van der Waals surface area contributed by atoms with E-state index in [-0.39, 0.29) is 11.4 Å². The van der Waals surface area contributed by atoms with Gasteiger partial charge >= 0.3 is 12.1 Å². The third kappa shape index (κ3) is 4.00. The van der Waals surface area contributed by atoms with Gasteiger partial charge in [0.05, 0.1) is 16.8 Å². The first-order valence-corrected chi connectivity index (χ1v) is 7.49.